The molecule has 0 radical (unpaired) electrons. The molecule has 2 aliphatic rings. The summed E-state index contributed by atoms with van der Waals surface area (Å²) in [6, 6.07) is 5.88. The highest BCUT2D eigenvalue weighted by atomic mass is 16.4. The van der Waals surface area contributed by atoms with Gasteiger partial charge in [-0.25, -0.2) is 4.79 Å². The van der Waals surface area contributed by atoms with Crippen molar-refractivity contribution in [3.05, 3.63) is 61.2 Å². The molecule has 0 spiro atoms. The number of carbonyl (C=O) groups is 6. The van der Waals surface area contributed by atoms with Crippen LogP contribution in [0.2, 0.25) is 0 Å². The minimum Gasteiger partial charge on any atom is -0.465 e. The molecule has 0 aliphatic heterocycles. The van der Waals surface area contributed by atoms with Crippen LogP contribution in [0.5, 0.6) is 0 Å². The van der Waals surface area contributed by atoms with Gasteiger partial charge in [0.05, 0.1) is 12.6 Å². The maximum Gasteiger partial charge on any atom is 0.405 e. The third-order valence-corrected chi connectivity index (χ3v) is 9.08. The maximum absolute atomic E-state index is 13.6. The van der Waals surface area contributed by atoms with Crippen molar-refractivity contribution in [3.63, 3.8) is 0 Å². The Kier molecular flexibility index (Phi) is 15.8. The quantitative estimate of drug-likeness (QED) is 0.0761. The smallest absolute Gasteiger partial charge is 0.405 e. The summed E-state index contributed by atoms with van der Waals surface area (Å²) in [5.74, 6) is -3.11. The van der Waals surface area contributed by atoms with E-state index in [1.807, 2.05) is 30.3 Å². The summed E-state index contributed by atoms with van der Waals surface area (Å²) in [7, 11) is 0. The molecule has 1 aromatic rings. The van der Waals surface area contributed by atoms with Crippen LogP contribution in [0.25, 0.3) is 0 Å². The average Bonchev–Trinajstić information content (AvgIpc) is 3.56. The summed E-state index contributed by atoms with van der Waals surface area (Å²) in [5.41, 5.74) is 0.796. The third-order valence-electron chi connectivity index (χ3n) is 9.08. The van der Waals surface area contributed by atoms with Gasteiger partial charge in [-0.05, 0) is 55.9 Å². The van der Waals surface area contributed by atoms with E-state index in [4.69, 9.17) is 0 Å². The van der Waals surface area contributed by atoms with Crippen molar-refractivity contribution >= 4 is 35.5 Å². The largest absolute Gasteiger partial charge is 0.465 e. The lowest BCUT2D eigenvalue weighted by molar-refractivity contribution is -0.142. The Morgan fingerprint density at radius 3 is 2.10 bits per heavy atom. The lowest BCUT2D eigenvalue weighted by atomic mass is 9.80. The fourth-order valence-corrected chi connectivity index (χ4v) is 6.22. The number of allylic oxidation sites excluding steroid dienone is 1. The maximum atomic E-state index is 13.6. The van der Waals surface area contributed by atoms with Crippen LogP contribution in [0.3, 0.4) is 0 Å². The summed E-state index contributed by atoms with van der Waals surface area (Å²) in [5, 5.41) is 19.7. The van der Waals surface area contributed by atoms with Gasteiger partial charge in [0.25, 0.3) is 5.91 Å². The minimum absolute atomic E-state index is 0.147. The topological polar surface area (TPSA) is 174 Å². The number of nitrogens with zero attached hydrogens (tertiary/aromatic N) is 1. The van der Waals surface area contributed by atoms with E-state index in [2.05, 4.69) is 34.4 Å². The Balaban J connectivity index is 1.75. The van der Waals surface area contributed by atoms with Gasteiger partial charge < -0.3 is 31.3 Å². The molecule has 2 saturated carbocycles. The highest BCUT2D eigenvalue weighted by Crippen LogP contribution is 2.31. The second-order valence-electron chi connectivity index (χ2n) is 12.8. The number of ketones is 1. The van der Waals surface area contributed by atoms with Crippen molar-refractivity contribution in [1.29, 1.82) is 0 Å². The minimum atomic E-state index is -1.35. The molecule has 0 saturated heterocycles. The van der Waals surface area contributed by atoms with E-state index >= 15 is 0 Å². The van der Waals surface area contributed by atoms with Gasteiger partial charge in [-0.15, -0.1) is 13.2 Å². The van der Waals surface area contributed by atoms with E-state index in [9.17, 15) is 33.9 Å². The molecule has 3 atom stereocenters. The van der Waals surface area contributed by atoms with Crippen LogP contribution in [-0.2, 0) is 30.4 Å². The van der Waals surface area contributed by atoms with Crippen molar-refractivity contribution in [1.82, 2.24) is 26.2 Å². The fraction of sp³-hybridized carbons (Fsp3) is 0.556. The predicted molar refractivity (Wildman–Crippen MR) is 182 cm³/mol. The number of carbonyl (C=O) groups excluding carboxylic acids is 5. The first kappa shape index (κ1) is 38.0. The average molecular weight is 666 g/mol. The molecule has 1 unspecified atom stereocenters. The van der Waals surface area contributed by atoms with Gasteiger partial charge in [0.2, 0.25) is 23.5 Å². The zero-order valence-electron chi connectivity index (χ0n) is 27.8. The molecule has 0 heterocycles. The van der Waals surface area contributed by atoms with E-state index in [1.54, 1.807) is 12.2 Å². The molecule has 0 bridgehead atoms. The number of nitrogens with one attached hydrogen (secondary N) is 4. The van der Waals surface area contributed by atoms with Crippen LogP contribution in [-0.4, -0.2) is 83.3 Å². The zero-order chi connectivity index (χ0) is 34.9. The standard InChI is InChI=1S/C36H51N5O7/c1-3-5-19-28(40-36(47)48)35(46)41(23-27-15-10-11-16-27)24-31(42)38-29(21-26-17-12-18-26)32(43)34(45)39-30(33(44)37-20-6-4-2)22-25-13-8-7-9-14-25/h3-4,7-9,13-14,26-30,40H,1-2,5-6,10-12,15-24H2,(H,37,44)(H,38,42)(H,39,45)(H,47,48)/t28-,29?,30-/m0/s1. The highest BCUT2D eigenvalue weighted by molar-refractivity contribution is 6.38. The van der Waals surface area contributed by atoms with Gasteiger partial charge in [0, 0.05) is 19.5 Å². The van der Waals surface area contributed by atoms with Crippen LogP contribution in [0.15, 0.2) is 55.6 Å². The number of amides is 5. The monoisotopic (exact) mass is 665 g/mol. The first-order chi connectivity index (χ1) is 23.1. The van der Waals surface area contributed by atoms with Gasteiger partial charge in [-0.3, -0.25) is 24.0 Å². The number of rotatable bonds is 21. The van der Waals surface area contributed by atoms with Crippen molar-refractivity contribution in [3.8, 4) is 0 Å². The second kappa shape index (κ2) is 20.0. The molecule has 12 heteroatoms. The lowest BCUT2D eigenvalue weighted by Gasteiger charge is -2.31. The van der Waals surface area contributed by atoms with Crippen LogP contribution >= 0.6 is 0 Å². The van der Waals surface area contributed by atoms with Crippen molar-refractivity contribution < 1.29 is 33.9 Å². The summed E-state index contributed by atoms with van der Waals surface area (Å²) in [6.07, 6.45) is 9.96. The van der Waals surface area contributed by atoms with E-state index in [0.717, 1.165) is 50.5 Å². The van der Waals surface area contributed by atoms with Crippen molar-refractivity contribution in [2.45, 2.75) is 95.2 Å². The predicted octanol–water partition coefficient (Wildman–Crippen LogP) is 3.27. The summed E-state index contributed by atoms with van der Waals surface area (Å²) >= 11 is 0. The molecule has 2 aliphatic carbocycles. The van der Waals surface area contributed by atoms with Gasteiger partial charge in [-0.2, -0.15) is 0 Å². The molecule has 0 aromatic heterocycles. The van der Waals surface area contributed by atoms with Gasteiger partial charge in [-0.1, -0.05) is 74.6 Å². The van der Waals surface area contributed by atoms with E-state index in [1.165, 1.54) is 4.90 Å². The molecule has 3 rings (SSSR count). The molecule has 48 heavy (non-hydrogen) atoms. The first-order valence-electron chi connectivity index (χ1n) is 17.1. The van der Waals surface area contributed by atoms with Crippen LogP contribution in [0.1, 0.15) is 76.2 Å². The molecular weight excluding hydrogens is 614 g/mol. The first-order valence-corrected chi connectivity index (χ1v) is 17.1. The summed E-state index contributed by atoms with van der Waals surface area (Å²) < 4.78 is 0. The number of benzene rings is 1. The fourth-order valence-electron chi connectivity index (χ4n) is 6.22. The van der Waals surface area contributed by atoms with Gasteiger partial charge >= 0.3 is 6.09 Å². The van der Waals surface area contributed by atoms with Crippen LogP contribution in [0, 0.1) is 11.8 Å². The Morgan fingerprint density at radius 1 is 0.833 bits per heavy atom. The second-order valence-corrected chi connectivity index (χ2v) is 12.8. The lowest BCUT2D eigenvalue weighted by Crippen LogP contribution is -2.56. The third kappa shape index (κ3) is 12.6. The number of hydrogen-bond donors (Lipinski definition) is 5. The number of Topliss-reactive ketones (excluding diaryl/α,β-unsaturated/α-hetero) is 1. The van der Waals surface area contributed by atoms with Gasteiger partial charge in [0.15, 0.2) is 0 Å². The van der Waals surface area contributed by atoms with E-state index < -0.39 is 53.6 Å². The number of carboxylic acid groups (broad SMARTS) is 1. The molecule has 12 nitrogen and oxygen atoms in total. The molecule has 262 valence electrons. The van der Waals surface area contributed by atoms with Crippen molar-refractivity contribution in [2.24, 2.45) is 11.8 Å². The molecule has 5 N–H and O–H groups in total. The molecule has 1 aromatic carbocycles. The molecule has 5 amide bonds. The van der Waals surface area contributed by atoms with Gasteiger partial charge in [0.1, 0.15) is 12.1 Å². The number of hydrogen-bond acceptors (Lipinski definition) is 6. The van der Waals surface area contributed by atoms with E-state index in [0.29, 0.717) is 19.4 Å². The molecule has 2 fully saturated rings. The zero-order valence-corrected chi connectivity index (χ0v) is 27.8. The summed E-state index contributed by atoms with van der Waals surface area (Å²) in [6.45, 7) is 7.52. The SMILES string of the molecule is C=CCCNC(=O)[C@H](Cc1ccccc1)NC(=O)C(=O)C(CC1CCC1)NC(=O)CN(CC1CCCC1)C(=O)[C@H](CCC=C)NC(=O)O. The Morgan fingerprint density at radius 2 is 1.50 bits per heavy atom. The highest BCUT2D eigenvalue weighted by Gasteiger charge is 2.35. The summed E-state index contributed by atoms with van der Waals surface area (Å²) in [4.78, 5) is 80.1. The van der Waals surface area contributed by atoms with Crippen LogP contribution < -0.4 is 21.3 Å². The molecular formula is C36H51N5O7. The normalized spacial score (nSPS) is 16.3. The Labute approximate surface area is 283 Å². The van der Waals surface area contributed by atoms with Crippen LogP contribution in [0.4, 0.5) is 4.79 Å². The van der Waals surface area contributed by atoms with Crippen molar-refractivity contribution in [2.75, 3.05) is 19.6 Å². The van der Waals surface area contributed by atoms with E-state index in [-0.39, 0.29) is 44.2 Å². The Hall–Kier alpha value is -4.48. The Bertz CT molecular complexity index is 1280.